The average molecular weight is 364 g/mol. The van der Waals surface area contributed by atoms with Crippen LogP contribution in [-0.4, -0.2) is 18.4 Å². The molecule has 0 atom stereocenters. The van der Waals surface area contributed by atoms with Crippen LogP contribution in [0.5, 0.6) is 0 Å². The molecule has 1 N–H and O–H groups in total. The molecule has 0 saturated carbocycles. The summed E-state index contributed by atoms with van der Waals surface area (Å²) in [5.74, 6) is -0.806. The first-order valence-electron chi connectivity index (χ1n) is 7.90. The van der Waals surface area contributed by atoms with Gasteiger partial charge in [0.1, 0.15) is 6.54 Å². The number of carbonyl (C=O) groups excluding carboxylic acids is 2. The highest BCUT2D eigenvalue weighted by atomic mass is 19.4. The maximum Gasteiger partial charge on any atom is 0.416 e. The summed E-state index contributed by atoms with van der Waals surface area (Å²) in [6.45, 7) is 4.88. The molecule has 0 fully saturated rings. The van der Waals surface area contributed by atoms with Gasteiger partial charge in [-0.1, -0.05) is 17.7 Å². The van der Waals surface area contributed by atoms with Gasteiger partial charge in [-0.25, -0.2) is 0 Å². The van der Waals surface area contributed by atoms with Crippen molar-refractivity contribution in [3.63, 3.8) is 0 Å². The van der Waals surface area contributed by atoms with Crippen molar-refractivity contribution >= 4 is 23.2 Å². The Bertz CT molecular complexity index is 815. The molecule has 26 heavy (non-hydrogen) atoms. The van der Waals surface area contributed by atoms with Gasteiger partial charge < -0.3 is 10.2 Å². The molecule has 2 aromatic carbocycles. The minimum Gasteiger partial charge on any atom is -0.325 e. The van der Waals surface area contributed by atoms with E-state index in [4.69, 9.17) is 0 Å². The van der Waals surface area contributed by atoms with Crippen LogP contribution >= 0.6 is 0 Å². The van der Waals surface area contributed by atoms with Gasteiger partial charge in [-0.2, -0.15) is 13.2 Å². The first-order chi connectivity index (χ1) is 12.1. The number of aryl methyl sites for hydroxylation is 2. The zero-order valence-corrected chi connectivity index (χ0v) is 14.6. The Morgan fingerprint density at radius 2 is 1.65 bits per heavy atom. The average Bonchev–Trinajstić information content (AvgIpc) is 2.52. The fourth-order valence-corrected chi connectivity index (χ4v) is 2.56. The fourth-order valence-electron chi connectivity index (χ4n) is 2.56. The van der Waals surface area contributed by atoms with E-state index in [0.29, 0.717) is 5.69 Å². The predicted molar refractivity (Wildman–Crippen MR) is 94.0 cm³/mol. The van der Waals surface area contributed by atoms with E-state index in [1.165, 1.54) is 24.0 Å². The van der Waals surface area contributed by atoms with Crippen molar-refractivity contribution < 1.29 is 22.8 Å². The Balaban J connectivity index is 2.12. The summed E-state index contributed by atoms with van der Waals surface area (Å²) in [6.07, 6.45) is -4.43. The maximum atomic E-state index is 12.6. The maximum absolute atomic E-state index is 12.6. The lowest BCUT2D eigenvalue weighted by Crippen LogP contribution is -2.37. The lowest BCUT2D eigenvalue weighted by Gasteiger charge is -2.23. The molecule has 0 aliphatic rings. The Hall–Kier alpha value is -2.83. The molecule has 2 rings (SSSR count). The molecule has 0 unspecified atom stereocenters. The number of anilines is 2. The third kappa shape index (κ3) is 4.84. The number of benzene rings is 2. The van der Waals surface area contributed by atoms with Gasteiger partial charge in [0.05, 0.1) is 5.56 Å². The number of rotatable bonds is 4. The molecule has 0 aliphatic heterocycles. The lowest BCUT2D eigenvalue weighted by atomic mass is 10.1. The summed E-state index contributed by atoms with van der Waals surface area (Å²) in [5, 5.41) is 2.51. The Morgan fingerprint density at radius 3 is 2.15 bits per heavy atom. The molecule has 0 aromatic heterocycles. The van der Waals surface area contributed by atoms with E-state index < -0.39 is 17.6 Å². The number of amides is 2. The van der Waals surface area contributed by atoms with Crippen molar-refractivity contribution in [1.82, 2.24) is 0 Å². The van der Waals surface area contributed by atoms with Crippen molar-refractivity contribution in [2.45, 2.75) is 26.9 Å². The summed E-state index contributed by atoms with van der Waals surface area (Å²) in [7, 11) is 0. The van der Waals surface area contributed by atoms with Crippen molar-refractivity contribution in [2.24, 2.45) is 0 Å². The molecule has 7 heteroatoms. The Kier molecular flexibility index (Phi) is 5.69. The number of carbonyl (C=O) groups is 2. The Morgan fingerprint density at radius 1 is 1.04 bits per heavy atom. The van der Waals surface area contributed by atoms with Crippen molar-refractivity contribution in [1.29, 1.82) is 0 Å². The first kappa shape index (κ1) is 19.5. The van der Waals surface area contributed by atoms with Crippen LogP contribution < -0.4 is 10.2 Å². The van der Waals surface area contributed by atoms with Crippen LogP contribution in [0.4, 0.5) is 24.5 Å². The van der Waals surface area contributed by atoms with Gasteiger partial charge in [0.25, 0.3) is 0 Å². The summed E-state index contributed by atoms with van der Waals surface area (Å²) in [6, 6.07) is 9.64. The van der Waals surface area contributed by atoms with Gasteiger partial charge in [-0.15, -0.1) is 0 Å². The number of nitrogens with one attached hydrogen (secondary N) is 1. The monoisotopic (exact) mass is 364 g/mol. The van der Waals surface area contributed by atoms with Gasteiger partial charge in [0, 0.05) is 18.3 Å². The number of alkyl halides is 3. The van der Waals surface area contributed by atoms with Crippen LogP contribution in [0.2, 0.25) is 0 Å². The number of hydrogen-bond acceptors (Lipinski definition) is 2. The summed E-state index contributed by atoms with van der Waals surface area (Å²) >= 11 is 0. The summed E-state index contributed by atoms with van der Waals surface area (Å²) in [5.41, 5.74) is 1.93. The Labute approximate surface area is 149 Å². The molecule has 4 nitrogen and oxygen atoms in total. The van der Waals surface area contributed by atoms with Crippen LogP contribution in [0, 0.1) is 13.8 Å². The van der Waals surface area contributed by atoms with E-state index in [1.54, 1.807) is 6.07 Å². The van der Waals surface area contributed by atoms with Crippen molar-refractivity contribution in [3.05, 3.63) is 59.2 Å². The molecule has 0 heterocycles. The summed E-state index contributed by atoms with van der Waals surface area (Å²) in [4.78, 5) is 25.5. The van der Waals surface area contributed by atoms with Crippen molar-refractivity contribution in [2.75, 3.05) is 16.8 Å². The summed E-state index contributed by atoms with van der Waals surface area (Å²) < 4.78 is 37.7. The molecule has 0 bridgehead atoms. The van der Waals surface area contributed by atoms with Crippen molar-refractivity contribution in [3.8, 4) is 0 Å². The standard InChI is InChI=1S/C19H19F3N2O2/c1-12-4-9-17(13(2)10-12)24(14(3)25)11-18(26)23-16-7-5-15(6-8-16)19(20,21)22/h4-10H,11H2,1-3H3,(H,23,26). The van der Waals surface area contributed by atoms with E-state index in [1.807, 2.05) is 26.0 Å². The lowest BCUT2D eigenvalue weighted by molar-refractivity contribution is -0.137. The highest BCUT2D eigenvalue weighted by Crippen LogP contribution is 2.29. The second kappa shape index (κ2) is 7.59. The van der Waals surface area contributed by atoms with Crippen LogP contribution in [-0.2, 0) is 15.8 Å². The van der Waals surface area contributed by atoms with Crippen LogP contribution in [0.3, 0.4) is 0 Å². The largest absolute Gasteiger partial charge is 0.416 e. The molecule has 0 aliphatic carbocycles. The highest BCUT2D eigenvalue weighted by molar-refractivity contribution is 6.02. The van der Waals surface area contributed by atoms with Gasteiger partial charge in [-0.05, 0) is 49.7 Å². The van der Waals surface area contributed by atoms with Crippen LogP contribution in [0.1, 0.15) is 23.6 Å². The molecular weight excluding hydrogens is 345 g/mol. The zero-order chi connectivity index (χ0) is 19.5. The molecule has 2 amide bonds. The smallest absolute Gasteiger partial charge is 0.325 e. The van der Waals surface area contributed by atoms with E-state index in [9.17, 15) is 22.8 Å². The van der Waals surface area contributed by atoms with Gasteiger partial charge in [0.15, 0.2) is 0 Å². The molecule has 0 spiro atoms. The molecule has 2 aromatic rings. The van der Waals surface area contributed by atoms with E-state index >= 15 is 0 Å². The van der Waals surface area contributed by atoms with E-state index in [-0.39, 0.29) is 18.1 Å². The predicted octanol–water partition coefficient (Wildman–Crippen LogP) is 4.31. The second-order valence-electron chi connectivity index (χ2n) is 6.02. The minimum atomic E-state index is -4.43. The van der Waals surface area contributed by atoms with Crippen LogP contribution in [0.15, 0.2) is 42.5 Å². The normalized spacial score (nSPS) is 11.2. The third-order valence-corrected chi connectivity index (χ3v) is 3.82. The molecular formula is C19H19F3N2O2. The van der Waals surface area contributed by atoms with Crippen LogP contribution in [0.25, 0.3) is 0 Å². The zero-order valence-electron chi connectivity index (χ0n) is 14.6. The minimum absolute atomic E-state index is 0.229. The number of nitrogens with zero attached hydrogens (tertiary/aromatic N) is 1. The quantitative estimate of drug-likeness (QED) is 0.879. The fraction of sp³-hybridized carbons (Fsp3) is 0.263. The van der Waals surface area contributed by atoms with E-state index in [0.717, 1.165) is 23.3 Å². The number of hydrogen-bond donors (Lipinski definition) is 1. The SMILES string of the molecule is CC(=O)N(CC(=O)Nc1ccc(C(F)(F)F)cc1)c1ccc(C)cc1C. The highest BCUT2D eigenvalue weighted by Gasteiger charge is 2.30. The third-order valence-electron chi connectivity index (χ3n) is 3.82. The topological polar surface area (TPSA) is 49.4 Å². The first-order valence-corrected chi connectivity index (χ1v) is 7.90. The van der Waals surface area contributed by atoms with Gasteiger partial charge in [0.2, 0.25) is 11.8 Å². The van der Waals surface area contributed by atoms with E-state index in [2.05, 4.69) is 5.32 Å². The molecule has 138 valence electrons. The van der Waals surface area contributed by atoms with Gasteiger partial charge in [-0.3, -0.25) is 9.59 Å². The van der Waals surface area contributed by atoms with Gasteiger partial charge >= 0.3 is 6.18 Å². The molecule has 0 radical (unpaired) electrons. The number of halogens is 3. The second-order valence-corrected chi connectivity index (χ2v) is 6.02. The molecule has 0 saturated heterocycles.